The zero-order valence-electron chi connectivity index (χ0n) is 6.15. The maximum Gasteiger partial charge on any atom is 0.306 e. The van der Waals surface area contributed by atoms with Gasteiger partial charge >= 0.3 is 5.82 Å². The molecule has 1 aliphatic heterocycles. The minimum atomic E-state index is 0.875. The van der Waals surface area contributed by atoms with Gasteiger partial charge in [0.05, 0.1) is 12.4 Å². The molecule has 4 heteroatoms. The molecular weight excluding hydrogens is 140 g/mol. The van der Waals surface area contributed by atoms with E-state index in [1.54, 1.807) is 12.5 Å². The molecule has 1 aromatic heterocycles. The van der Waals surface area contributed by atoms with Gasteiger partial charge in [-0.1, -0.05) is 0 Å². The Kier molecular flexibility index (Phi) is 1.33. The van der Waals surface area contributed by atoms with Gasteiger partial charge in [0.25, 0.3) is 6.34 Å². The van der Waals surface area contributed by atoms with Crippen LogP contribution < -0.4 is 4.90 Å². The summed E-state index contributed by atoms with van der Waals surface area (Å²) in [6, 6.07) is 0. The third-order valence-electron chi connectivity index (χ3n) is 1.46. The van der Waals surface area contributed by atoms with Crippen molar-refractivity contribution in [1.29, 1.82) is 0 Å². The van der Waals surface area contributed by atoms with Crippen LogP contribution >= 0.6 is 0 Å². The van der Waals surface area contributed by atoms with Gasteiger partial charge in [-0.25, -0.2) is 4.99 Å². The highest BCUT2D eigenvalue weighted by molar-refractivity contribution is 5.70. The van der Waals surface area contributed by atoms with Crippen molar-refractivity contribution in [3.05, 3.63) is 24.4 Å². The predicted octanol–water partition coefficient (Wildman–Crippen LogP) is 1.00. The van der Waals surface area contributed by atoms with Gasteiger partial charge in [0.2, 0.25) is 0 Å². The van der Waals surface area contributed by atoms with E-state index < -0.39 is 0 Å². The minimum absolute atomic E-state index is 0.875. The molecule has 4 nitrogen and oxygen atoms in total. The molecule has 0 atom stereocenters. The summed E-state index contributed by atoms with van der Waals surface area (Å²) in [6.07, 6.45) is 7.15. The fraction of sp³-hybridized carbons (Fsp3) is 0.143. The van der Waals surface area contributed by atoms with Crippen molar-refractivity contribution >= 4 is 12.2 Å². The lowest BCUT2D eigenvalue weighted by molar-refractivity contribution is 0.970. The zero-order valence-corrected chi connectivity index (χ0v) is 6.15. The van der Waals surface area contributed by atoms with Crippen molar-refractivity contribution in [2.45, 2.75) is 6.92 Å². The van der Waals surface area contributed by atoms with Crippen LogP contribution in [0.5, 0.6) is 0 Å². The molecule has 0 saturated heterocycles. The summed E-state index contributed by atoms with van der Waals surface area (Å²) in [5.41, 5.74) is 0. The molecule has 1 aromatic rings. The van der Waals surface area contributed by atoms with Crippen molar-refractivity contribution in [3.8, 4) is 0 Å². The number of nitrogens with one attached hydrogen (secondary N) is 1. The highest BCUT2D eigenvalue weighted by Gasteiger charge is 2.19. The number of anilines is 1. The first-order chi connectivity index (χ1) is 5.36. The summed E-state index contributed by atoms with van der Waals surface area (Å²) in [5, 5.41) is 0. The lowest BCUT2D eigenvalue weighted by Crippen LogP contribution is -2.11. The molecule has 0 aromatic carbocycles. The number of aliphatic imine (C=N–C) groups is 1. The Balaban J connectivity index is 2.29. The maximum atomic E-state index is 4.22. The molecule has 0 unspecified atom stereocenters. The van der Waals surface area contributed by atoms with E-state index in [4.69, 9.17) is 0 Å². The first kappa shape index (κ1) is 6.30. The molecule has 2 rings (SSSR count). The number of aromatic amines is 1. The Morgan fingerprint density at radius 2 is 2.45 bits per heavy atom. The smallest absolute Gasteiger partial charge is 0.306 e. The summed E-state index contributed by atoms with van der Waals surface area (Å²) >= 11 is 0. The average Bonchev–Trinajstić information content (AvgIpc) is 2.55. The number of aryl methyl sites for hydroxylation is 1. The number of nitrogens with zero attached hydrogens (tertiary/aromatic N) is 3. The second-order valence-corrected chi connectivity index (χ2v) is 2.31. The molecule has 0 amide bonds. The first-order valence-corrected chi connectivity index (χ1v) is 3.36. The second kappa shape index (κ2) is 2.32. The number of hydrogen-bond acceptors (Lipinski definition) is 3. The van der Waals surface area contributed by atoms with Crippen molar-refractivity contribution in [1.82, 2.24) is 14.9 Å². The van der Waals surface area contributed by atoms with Crippen LogP contribution in [0.2, 0.25) is 0 Å². The lowest BCUT2D eigenvalue weighted by atomic mass is 10.6. The van der Waals surface area contributed by atoms with E-state index >= 15 is 0 Å². The number of aromatic nitrogens is 2. The third-order valence-corrected chi connectivity index (χ3v) is 1.46. The first-order valence-electron chi connectivity index (χ1n) is 3.36. The highest BCUT2D eigenvalue weighted by atomic mass is 15.2. The quantitative estimate of drug-likeness (QED) is 0.593. The molecule has 11 heavy (non-hydrogen) atoms. The molecule has 1 aliphatic rings. The van der Waals surface area contributed by atoms with Crippen molar-refractivity contribution in [3.63, 3.8) is 0 Å². The van der Waals surface area contributed by atoms with E-state index in [-0.39, 0.29) is 0 Å². The molecule has 0 aliphatic carbocycles. The number of hydrogen-bond donors (Lipinski definition) is 1. The van der Waals surface area contributed by atoms with E-state index in [1.165, 1.54) is 0 Å². The van der Waals surface area contributed by atoms with Crippen LogP contribution in [0.15, 0.2) is 23.6 Å². The molecule has 0 fully saturated rings. The van der Waals surface area contributed by atoms with Gasteiger partial charge in [-0.2, -0.15) is 4.98 Å². The van der Waals surface area contributed by atoms with E-state index in [9.17, 15) is 0 Å². The van der Waals surface area contributed by atoms with Gasteiger partial charge in [-0.3, -0.25) is 0 Å². The normalized spacial score (nSPS) is 16.5. The Bertz CT molecular complexity index is 298. The van der Waals surface area contributed by atoms with Crippen LogP contribution in [0.3, 0.4) is 0 Å². The largest absolute Gasteiger partial charge is 0.343 e. The third kappa shape index (κ3) is 1.08. The molecule has 1 N–H and O–H groups in total. The van der Waals surface area contributed by atoms with Crippen molar-refractivity contribution in [2.24, 2.45) is 4.99 Å². The molecule has 0 saturated carbocycles. The Labute approximate surface area is 64.3 Å². The Morgan fingerprint density at radius 3 is 3.00 bits per heavy atom. The molecule has 1 radical (unpaired) electrons. The molecule has 0 bridgehead atoms. The molecular formula is C7H8N4+. The van der Waals surface area contributed by atoms with Gasteiger partial charge in [0.1, 0.15) is 5.82 Å². The summed E-state index contributed by atoms with van der Waals surface area (Å²) in [5.74, 6) is 1.79. The Hall–Kier alpha value is -1.42. The molecule has 0 spiro atoms. The van der Waals surface area contributed by atoms with Crippen molar-refractivity contribution in [2.75, 3.05) is 0 Å². The highest BCUT2D eigenvalue weighted by Crippen LogP contribution is 2.10. The predicted molar refractivity (Wildman–Crippen MR) is 42.8 cm³/mol. The van der Waals surface area contributed by atoms with Crippen LogP contribution in [0.4, 0.5) is 5.82 Å². The standard InChI is InChI=1S/C7H8N4/c1-6-9-4-7(10-6)11-3-2-8-5-11/h2-5H,1H3,(H,9,10)/q+1. The number of H-pyrrole nitrogens is 1. The van der Waals surface area contributed by atoms with Gasteiger partial charge < -0.3 is 4.98 Å². The summed E-state index contributed by atoms with van der Waals surface area (Å²) in [4.78, 5) is 13.0. The van der Waals surface area contributed by atoms with Crippen molar-refractivity contribution < 1.29 is 0 Å². The minimum Gasteiger partial charge on any atom is -0.343 e. The van der Waals surface area contributed by atoms with E-state index in [0.717, 1.165) is 11.6 Å². The summed E-state index contributed by atoms with van der Waals surface area (Å²) in [7, 11) is 0. The van der Waals surface area contributed by atoms with Gasteiger partial charge in [0, 0.05) is 0 Å². The van der Waals surface area contributed by atoms with Crippen LogP contribution in [0, 0.1) is 6.92 Å². The zero-order chi connectivity index (χ0) is 7.68. The summed E-state index contributed by atoms with van der Waals surface area (Å²) < 4.78 is 0. The number of rotatable bonds is 1. The number of imidazole rings is 1. The molecule has 2 heterocycles. The monoisotopic (exact) mass is 148 g/mol. The summed E-state index contributed by atoms with van der Waals surface area (Å²) in [6.45, 7) is 1.92. The van der Waals surface area contributed by atoms with Crippen LogP contribution in [-0.4, -0.2) is 16.3 Å². The van der Waals surface area contributed by atoms with Crippen LogP contribution in [-0.2, 0) is 0 Å². The fourth-order valence-corrected chi connectivity index (χ4v) is 0.932. The van der Waals surface area contributed by atoms with E-state index in [1.807, 2.05) is 24.2 Å². The topological polar surface area (TPSA) is 46.9 Å². The van der Waals surface area contributed by atoms with Gasteiger partial charge in [-0.05, 0) is 11.8 Å². The fourth-order valence-electron chi connectivity index (χ4n) is 0.932. The molecule has 55 valence electrons. The van der Waals surface area contributed by atoms with E-state index in [2.05, 4.69) is 15.0 Å². The van der Waals surface area contributed by atoms with Gasteiger partial charge in [-0.15, -0.1) is 0 Å². The maximum absolute atomic E-state index is 4.22. The van der Waals surface area contributed by atoms with Crippen LogP contribution in [0.1, 0.15) is 5.82 Å². The van der Waals surface area contributed by atoms with Gasteiger partial charge in [0.15, 0.2) is 6.20 Å². The SMILES string of the molecule is Cc1nc([N+]2C=CN=C2)c[nH]1. The Morgan fingerprint density at radius 1 is 1.55 bits per heavy atom. The average molecular weight is 148 g/mol. The van der Waals surface area contributed by atoms with Crippen LogP contribution in [0.25, 0.3) is 0 Å². The second-order valence-electron chi connectivity index (χ2n) is 2.31. The lowest BCUT2D eigenvalue weighted by Gasteiger charge is -1.86. The van der Waals surface area contributed by atoms with E-state index in [0.29, 0.717) is 0 Å².